The maximum Gasteiger partial charge on any atom is 0.243 e. The van der Waals surface area contributed by atoms with Crippen molar-refractivity contribution < 1.29 is 4.79 Å². The van der Waals surface area contributed by atoms with Gasteiger partial charge in [-0.25, -0.2) is 5.01 Å². The van der Waals surface area contributed by atoms with Crippen LogP contribution in [-0.2, 0) is 17.6 Å². The minimum absolute atomic E-state index is 0.112. The van der Waals surface area contributed by atoms with Gasteiger partial charge in [0.15, 0.2) is 0 Å². The van der Waals surface area contributed by atoms with Crippen molar-refractivity contribution >= 4 is 11.6 Å². The number of carbonyl (C=O) groups is 1. The summed E-state index contributed by atoms with van der Waals surface area (Å²) in [5.74, 6) is 0.131. The number of hydrogen-bond acceptors (Lipinski definition) is 3. The molecule has 4 heteroatoms. The Kier molecular flexibility index (Phi) is 4.20. The fourth-order valence-electron chi connectivity index (χ4n) is 3.74. The molecule has 0 N–H and O–H groups in total. The third kappa shape index (κ3) is 3.13. The molecular formula is C21H25N3O. The first kappa shape index (κ1) is 16.1. The van der Waals surface area contributed by atoms with E-state index < -0.39 is 0 Å². The van der Waals surface area contributed by atoms with Crippen molar-refractivity contribution in [1.82, 2.24) is 9.91 Å². The van der Waals surface area contributed by atoms with Gasteiger partial charge in [0, 0.05) is 37.7 Å². The second-order valence-corrected chi connectivity index (χ2v) is 7.30. The number of hydrazone groups is 1. The standard InChI is InChI=1S/C21H25N3O/c1-15(2)24-21(25)9-8-20(22-24)18-7-6-16-10-12-23(19-4-3-5-19)13-11-17(16)14-18/h3-7,14-15H,8-13H2,1-2H3. The number of hydrogen-bond donors (Lipinski definition) is 0. The zero-order valence-electron chi connectivity index (χ0n) is 15.0. The predicted octanol–water partition coefficient (Wildman–Crippen LogP) is 3.28. The van der Waals surface area contributed by atoms with Gasteiger partial charge in [0.05, 0.1) is 5.71 Å². The van der Waals surface area contributed by atoms with E-state index in [1.54, 1.807) is 5.01 Å². The Morgan fingerprint density at radius 1 is 1.04 bits per heavy atom. The number of rotatable bonds is 3. The van der Waals surface area contributed by atoms with Crippen molar-refractivity contribution in [3.05, 3.63) is 58.8 Å². The highest BCUT2D eigenvalue weighted by Gasteiger charge is 2.24. The van der Waals surface area contributed by atoms with Crippen LogP contribution in [0.15, 0.2) is 47.2 Å². The maximum absolute atomic E-state index is 12.0. The van der Waals surface area contributed by atoms with E-state index in [1.807, 2.05) is 13.8 Å². The van der Waals surface area contributed by atoms with Gasteiger partial charge in [0.1, 0.15) is 0 Å². The SMILES string of the molecule is CC(C)N1N=C(c2ccc3c(c2)CCN(C2=CC=C2)CC3)CCC1=O. The Balaban J connectivity index is 1.57. The van der Waals surface area contributed by atoms with Crippen LogP contribution in [0.1, 0.15) is 43.4 Å². The minimum atomic E-state index is 0.112. The predicted molar refractivity (Wildman–Crippen MR) is 100 cm³/mol. The van der Waals surface area contributed by atoms with Gasteiger partial charge >= 0.3 is 0 Å². The van der Waals surface area contributed by atoms with Crippen LogP contribution in [0, 0.1) is 0 Å². The third-order valence-corrected chi connectivity index (χ3v) is 5.29. The summed E-state index contributed by atoms with van der Waals surface area (Å²) in [7, 11) is 0. The summed E-state index contributed by atoms with van der Waals surface area (Å²) in [5, 5.41) is 6.28. The summed E-state index contributed by atoms with van der Waals surface area (Å²) in [4.78, 5) is 14.5. The fraction of sp³-hybridized carbons (Fsp3) is 0.429. The normalized spacial score (nSPS) is 20.0. The average Bonchev–Trinajstić information content (AvgIpc) is 2.76. The van der Waals surface area contributed by atoms with E-state index in [9.17, 15) is 4.79 Å². The zero-order chi connectivity index (χ0) is 17.4. The molecular weight excluding hydrogens is 310 g/mol. The Morgan fingerprint density at radius 2 is 1.80 bits per heavy atom. The monoisotopic (exact) mass is 335 g/mol. The molecule has 0 atom stereocenters. The molecule has 2 heterocycles. The Hall–Kier alpha value is -2.36. The maximum atomic E-state index is 12.0. The van der Waals surface area contributed by atoms with Gasteiger partial charge in [0.2, 0.25) is 5.91 Å². The molecule has 0 radical (unpaired) electrons. The lowest BCUT2D eigenvalue weighted by Gasteiger charge is -2.27. The van der Waals surface area contributed by atoms with E-state index >= 15 is 0 Å². The summed E-state index contributed by atoms with van der Waals surface area (Å²) >= 11 is 0. The second-order valence-electron chi connectivity index (χ2n) is 7.30. The molecule has 0 bridgehead atoms. The number of carbonyl (C=O) groups excluding carboxylic acids is 1. The van der Waals surface area contributed by atoms with Crippen LogP contribution < -0.4 is 0 Å². The largest absolute Gasteiger partial charge is 0.371 e. The van der Waals surface area contributed by atoms with E-state index in [0.29, 0.717) is 6.42 Å². The number of allylic oxidation sites excluding steroid dienone is 3. The molecule has 1 aromatic carbocycles. The molecule has 0 unspecified atom stereocenters. The summed E-state index contributed by atoms with van der Waals surface area (Å²) in [6.07, 6.45) is 9.94. The van der Waals surface area contributed by atoms with Crippen molar-refractivity contribution in [1.29, 1.82) is 0 Å². The van der Waals surface area contributed by atoms with Crippen molar-refractivity contribution in [2.45, 2.75) is 45.6 Å². The Morgan fingerprint density at radius 3 is 2.48 bits per heavy atom. The topological polar surface area (TPSA) is 35.9 Å². The third-order valence-electron chi connectivity index (χ3n) is 5.29. The first-order chi connectivity index (χ1) is 12.1. The first-order valence-corrected chi connectivity index (χ1v) is 9.27. The van der Waals surface area contributed by atoms with Crippen LogP contribution in [-0.4, -0.2) is 40.7 Å². The summed E-state index contributed by atoms with van der Waals surface area (Å²) < 4.78 is 0. The van der Waals surface area contributed by atoms with Gasteiger partial charge in [0.25, 0.3) is 0 Å². The molecule has 0 saturated heterocycles. The van der Waals surface area contributed by atoms with E-state index in [4.69, 9.17) is 0 Å². The lowest BCUT2D eigenvalue weighted by Crippen LogP contribution is -2.36. The Labute approximate surface area is 149 Å². The quantitative estimate of drug-likeness (QED) is 0.850. The minimum Gasteiger partial charge on any atom is -0.371 e. The molecule has 0 aromatic heterocycles. The number of benzene rings is 1. The lowest BCUT2D eigenvalue weighted by atomic mass is 9.96. The number of nitrogens with zero attached hydrogens (tertiary/aromatic N) is 3. The molecule has 0 saturated carbocycles. The van der Waals surface area contributed by atoms with Gasteiger partial charge in [-0.15, -0.1) is 0 Å². The van der Waals surface area contributed by atoms with Crippen LogP contribution in [0.5, 0.6) is 0 Å². The van der Waals surface area contributed by atoms with Gasteiger partial charge in [-0.1, -0.05) is 18.2 Å². The highest BCUT2D eigenvalue weighted by Crippen LogP contribution is 2.24. The first-order valence-electron chi connectivity index (χ1n) is 9.27. The summed E-state index contributed by atoms with van der Waals surface area (Å²) in [5.41, 5.74) is 6.45. The van der Waals surface area contributed by atoms with Gasteiger partial charge in [-0.2, -0.15) is 5.10 Å². The lowest BCUT2D eigenvalue weighted by molar-refractivity contribution is -0.133. The zero-order valence-corrected chi connectivity index (χ0v) is 15.0. The number of amides is 1. The summed E-state index contributed by atoms with van der Waals surface area (Å²) in [6, 6.07) is 6.86. The highest BCUT2D eigenvalue weighted by atomic mass is 16.2. The molecule has 4 nitrogen and oxygen atoms in total. The molecule has 1 amide bonds. The molecule has 4 rings (SSSR count). The summed E-state index contributed by atoms with van der Waals surface area (Å²) in [6.45, 7) is 6.17. The van der Waals surface area contributed by atoms with Crippen LogP contribution in [0.25, 0.3) is 0 Å². The Bertz CT molecular complexity index is 788. The number of fused-ring (bicyclic) bond motifs is 1. The molecule has 0 spiro atoms. The van der Waals surface area contributed by atoms with Gasteiger partial charge in [-0.3, -0.25) is 4.79 Å². The van der Waals surface area contributed by atoms with Gasteiger partial charge < -0.3 is 4.90 Å². The van der Waals surface area contributed by atoms with Crippen LogP contribution in [0.2, 0.25) is 0 Å². The van der Waals surface area contributed by atoms with E-state index in [-0.39, 0.29) is 11.9 Å². The molecule has 0 fully saturated rings. The molecule has 1 aromatic rings. The van der Waals surface area contributed by atoms with Crippen LogP contribution in [0.4, 0.5) is 0 Å². The van der Waals surface area contributed by atoms with E-state index in [0.717, 1.165) is 38.1 Å². The molecule has 3 aliphatic rings. The van der Waals surface area contributed by atoms with Crippen LogP contribution >= 0.6 is 0 Å². The smallest absolute Gasteiger partial charge is 0.243 e. The molecule has 2 aliphatic heterocycles. The fourth-order valence-corrected chi connectivity index (χ4v) is 3.74. The van der Waals surface area contributed by atoms with E-state index in [1.165, 1.54) is 22.4 Å². The van der Waals surface area contributed by atoms with Crippen molar-refractivity contribution in [2.75, 3.05) is 13.1 Å². The molecule has 25 heavy (non-hydrogen) atoms. The molecule has 1 aliphatic carbocycles. The van der Waals surface area contributed by atoms with Gasteiger partial charge in [-0.05, 0) is 61.6 Å². The van der Waals surface area contributed by atoms with Crippen LogP contribution in [0.3, 0.4) is 0 Å². The van der Waals surface area contributed by atoms with E-state index in [2.05, 4.69) is 46.4 Å². The highest BCUT2D eigenvalue weighted by molar-refractivity contribution is 6.04. The molecule has 130 valence electrons. The van der Waals surface area contributed by atoms with Crippen molar-refractivity contribution in [3.8, 4) is 0 Å². The van der Waals surface area contributed by atoms with Crippen molar-refractivity contribution in [2.24, 2.45) is 5.10 Å². The second kappa shape index (κ2) is 6.51. The average molecular weight is 335 g/mol. The van der Waals surface area contributed by atoms with Crippen molar-refractivity contribution in [3.63, 3.8) is 0 Å².